The quantitative estimate of drug-likeness (QED) is 0.294. The monoisotopic (exact) mass is 460 g/mol. The van der Waals surface area contributed by atoms with Crippen LogP contribution in [-0.4, -0.2) is 56.5 Å². The number of unbranched alkanes of at least 4 members (excludes halogenated alkanes) is 2. The summed E-state index contributed by atoms with van der Waals surface area (Å²) in [5, 5.41) is 2.20. The van der Waals surface area contributed by atoms with Crippen LogP contribution in [0, 0.1) is 5.82 Å². The number of nitrogens with one attached hydrogen (secondary N) is 1. The zero-order chi connectivity index (χ0) is 21.4. The van der Waals surface area contributed by atoms with E-state index in [1.54, 1.807) is 13.0 Å². The summed E-state index contributed by atoms with van der Waals surface area (Å²) in [6.45, 7) is 5.96. The first-order valence-corrected chi connectivity index (χ1v) is 11.4. The highest BCUT2D eigenvalue weighted by atomic mass is 32.2. The van der Waals surface area contributed by atoms with E-state index >= 15 is 0 Å². The Labute approximate surface area is 184 Å². The van der Waals surface area contributed by atoms with Crippen LogP contribution in [-0.2, 0) is 14.6 Å². The number of urea groups is 1. The van der Waals surface area contributed by atoms with E-state index in [4.69, 9.17) is 4.74 Å². The number of ether oxygens (including phenoxy) is 1. The van der Waals surface area contributed by atoms with E-state index in [1.165, 1.54) is 23.1 Å². The van der Waals surface area contributed by atoms with E-state index < -0.39 is 21.7 Å². The number of imide groups is 1. The standard InChI is InChI=1S/C20H27FN2O5S.H2S/c1-3-10-28-18-12-16(7-8-17(18)21)15(2)14-29(26,27)11-6-4-5-9-23-13-19(24)22-20(23)25;/h3,7-8,12,15H,1,4-6,9-11,13-14H2,2H3,(H,22,24,25);1H2/t15-;/m1./s1. The largest absolute Gasteiger partial charge is 0.486 e. The number of halogens is 1. The van der Waals surface area contributed by atoms with Crippen LogP contribution in [0.15, 0.2) is 30.9 Å². The van der Waals surface area contributed by atoms with Crippen LogP contribution >= 0.6 is 13.5 Å². The summed E-state index contributed by atoms with van der Waals surface area (Å²) < 4.78 is 43.9. The summed E-state index contributed by atoms with van der Waals surface area (Å²) in [4.78, 5) is 24.0. The van der Waals surface area contributed by atoms with Crippen LogP contribution in [0.25, 0.3) is 0 Å². The van der Waals surface area contributed by atoms with E-state index in [0.29, 0.717) is 31.4 Å². The predicted molar refractivity (Wildman–Crippen MR) is 119 cm³/mol. The molecule has 0 spiro atoms. The Morgan fingerprint density at radius 3 is 2.67 bits per heavy atom. The Hall–Kier alpha value is -2.07. The van der Waals surface area contributed by atoms with Gasteiger partial charge in [0, 0.05) is 6.54 Å². The molecular weight excluding hydrogens is 431 g/mol. The second-order valence-electron chi connectivity index (χ2n) is 7.14. The first kappa shape index (κ1) is 26.0. The molecule has 168 valence electrons. The van der Waals surface area contributed by atoms with Crippen LogP contribution in [0.3, 0.4) is 0 Å². The highest BCUT2D eigenvalue weighted by Crippen LogP contribution is 2.25. The van der Waals surface area contributed by atoms with E-state index in [1.807, 2.05) is 0 Å². The minimum absolute atomic E-state index is 0. The van der Waals surface area contributed by atoms with Crippen LogP contribution in [0.1, 0.15) is 37.7 Å². The Kier molecular flexibility index (Phi) is 10.3. The lowest BCUT2D eigenvalue weighted by atomic mass is 10.0. The van der Waals surface area contributed by atoms with Crippen molar-refractivity contribution in [1.29, 1.82) is 0 Å². The molecule has 0 unspecified atom stereocenters. The molecule has 0 aliphatic carbocycles. The summed E-state index contributed by atoms with van der Waals surface area (Å²) in [6, 6.07) is 3.98. The minimum Gasteiger partial charge on any atom is -0.486 e. The average molecular weight is 461 g/mol. The van der Waals surface area contributed by atoms with Crippen molar-refractivity contribution >= 4 is 35.3 Å². The molecule has 30 heavy (non-hydrogen) atoms. The highest BCUT2D eigenvalue weighted by Gasteiger charge is 2.25. The van der Waals surface area contributed by atoms with Gasteiger partial charge in [0.15, 0.2) is 21.4 Å². The van der Waals surface area contributed by atoms with Gasteiger partial charge >= 0.3 is 6.03 Å². The number of hydrogen-bond acceptors (Lipinski definition) is 5. The third-order valence-electron chi connectivity index (χ3n) is 4.64. The number of benzene rings is 1. The average Bonchev–Trinajstić information content (AvgIpc) is 2.97. The fourth-order valence-electron chi connectivity index (χ4n) is 3.11. The maximum Gasteiger partial charge on any atom is 0.324 e. The molecular formula is C20H29FN2O5S2. The van der Waals surface area contributed by atoms with Gasteiger partial charge in [-0.15, -0.1) is 0 Å². The van der Waals surface area contributed by atoms with E-state index in [-0.39, 0.29) is 55.7 Å². The van der Waals surface area contributed by atoms with Gasteiger partial charge in [0.25, 0.3) is 0 Å². The number of amides is 3. The molecule has 1 atom stereocenters. The van der Waals surface area contributed by atoms with Gasteiger partial charge in [0.1, 0.15) is 13.2 Å². The smallest absolute Gasteiger partial charge is 0.324 e. The van der Waals surface area contributed by atoms with Crippen molar-refractivity contribution in [3.05, 3.63) is 42.2 Å². The molecule has 1 aliphatic rings. The van der Waals surface area contributed by atoms with Crippen LogP contribution in [0.5, 0.6) is 5.75 Å². The van der Waals surface area contributed by atoms with Gasteiger partial charge in [0.05, 0.1) is 11.5 Å². The SMILES string of the molecule is C=CCOc1cc([C@H](C)CS(=O)(=O)CCCCCN2CC(=O)NC2=O)ccc1F.S. The third kappa shape index (κ3) is 7.98. The molecule has 1 heterocycles. The van der Waals surface area contributed by atoms with Gasteiger partial charge in [-0.1, -0.05) is 32.1 Å². The third-order valence-corrected chi connectivity index (χ3v) is 6.55. The molecule has 1 saturated heterocycles. The Bertz CT molecular complexity index is 861. The molecule has 0 radical (unpaired) electrons. The van der Waals surface area contributed by atoms with Crippen molar-refractivity contribution in [1.82, 2.24) is 10.2 Å². The van der Waals surface area contributed by atoms with Gasteiger partial charge < -0.3 is 9.64 Å². The molecule has 0 bridgehead atoms. The summed E-state index contributed by atoms with van der Waals surface area (Å²) in [6.07, 6.45) is 3.26. The van der Waals surface area contributed by atoms with Gasteiger partial charge in [-0.2, -0.15) is 13.5 Å². The van der Waals surface area contributed by atoms with E-state index in [2.05, 4.69) is 11.9 Å². The molecule has 1 fully saturated rings. The molecule has 1 aromatic carbocycles. The summed E-state index contributed by atoms with van der Waals surface area (Å²) in [7, 11) is -3.29. The maximum absolute atomic E-state index is 13.8. The van der Waals surface area contributed by atoms with E-state index in [9.17, 15) is 22.4 Å². The van der Waals surface area contributed by atoms with Crippen LogP contribution < -0.4 is 10.1 Å². The van der Waals surface area contributed by atoms with Crippen molar-refractivity contribution in [2.45, 2.75) is 32.1 Å². The van der Waals surface area contributed by atoms with Gasteiger partial charge in [0.2, 0.25) is 5.91 Å². The lowest BCUT2D eigenvalue weighted by Gasteiger charge is -2.15. The highest BCUT2D eigenvalue weighted by molar-refractivity contribution is 7.91. The zero-order valence-electron chi connectivity index (χ0n) is 17.0. The second-order valence-corrected chi connectivity index (χ2v) is 9.37. The molecule has 10 heteroatoms. The molecule has 7 nitrogen and oxygen atoms in total. The topological polar surface area (TPSA) is 92.8 Å². The fourth-order valence-corrected chi connectivity index (χ4v) is 4.88. The van der Waals surface area contributed by atoms with Gasteiger partial charge in [-0.3, -0.25) is 10.1 Å². The van der Waals surface area contributed by atoms with Crippen molar-refractivity contribution in [3.63, 3.8) is 0 Å². The molecule has 0 aromatic heterocycles. The Morgan fingerprint density at radius 1 is 1.30 bits per heavy atom. The van der Waals surface area contributed by atoms with E-state index in [0.717, 1.165) is 0 Å². The van der Waals surface area contributed by atoms with Crippen molar-refractivity contribution in [2.24, 2.45) is 0 Å². The summed E-state index contributed by atoms with van der Waals surface area (Å²) in [5.41, 5.74) is 0.693. The molecule has 2 rings (SSSR count). The van der Waals surface area contributed by atoms with Crippen molar-refractivity contribution in [2.75, 3.05) is 31.2 Å². The van der Waals surface area contributed by atoms with Crippen molar-refractivity contribution < 1.29 is 27.1 Å². The normalized spacial score (nSPS) is 14.8. The van der Waals surface area contributed by atoms with Crippen LogP contribution in [0.4, 0.5) is 9.18 Å². The number of rotatable bonds is 12. The van der Waals surface area contributed by atoms with Gasteiger partial charge in [-0.05, 0) is 36.5 Å². The van der Waals surface area contributed by atoms with Crippen LogP contribution in [0.2, 0.25) is 0 Å². The Morgan fingerprint density at radius 2 is 2.03 bits per heavy atom. The minimum atomic E-state index is -3.29. The lowest BCUT2D eigenvalue weighted by molar-refractivity contribution is -0.118. The summed E-state index contributed by atoms with van der Waals surface area (Å²) >= 11 is 0. The molecule has 1 N–H and O–H groups in total. The lowest BCUT2D eigenvalue weighted by Crippen LogP contribution is -2.29. The fraction of sp³-hybridized carbons (Fsp3) is 0.500. The predicted octanol–water partition coefficient (Wildman–Crippen LogP) is 2.74. The van der Waals surface area contributed by atoms with Gasteiger partial charge in [-0.25, -0.2) is 17.6 Å². The molecule has 1 aromatic rings. The second kappa shape index (κ2) is 11.9. The number of hydrogen-bond donors (Lipinski definition) is 1. The maximum atomic E-state index is 13.8. The zero-order valence-corrected chi connectivity index (χ0v) is 18.8. The number of sulfone groups is 1. The summed E-state index contributed by atoms with van der Waals surface area (Å²) in [5.74, 6) is -1.03. The van der Waals surface area contributed by atoms with Crippen molar-refractivity contribution in [3.8, 4) is 5.75 Å². The number of nitrogens with zero attached hydrogens (tertiary/aromatic N) is 1. The molecule has 3 amide bonds. The Balaban J connectivity index is 0.00000450. The molecule has 1 aliphatic heterocycles. The first-order chi connectivity index (χ1) is 13.7. The molecule has 0 saturated carbocycles. The number of carbonyl (C=O) groups excluding carboxylic acids is 2. The number of carbonyl (C=O) groups is 2. The first-order valence-electron chi connectivity index (χ1n) is 9.54.